The fourth-order valence-corrected chi connectivity index (χ4v) is 2.35. The van der Waals surface area contributed by atoms with Crippen molar-refractivity contribution in [1.82, 2.24) is 15.5 Å². The Morgan fingerprint density at radius 1 is 1.24 bits per heavy atom. The highest BCUT2D eigenvalue weighted by atomic mass is 16.1. The van der Waals surface area contributed by atoms with E-state index in [1.165, 1.54) is 11.3 Å². The molecule has 0 unspecified atom stereocenters. The van der Waals surface area contributed by atoms with Crippen LogP contribution in [-0.2, 0) is 6.42 Å². The van der Waals surface area contributed by atoms with Crippen molar-refractivity contribution in [3.8, 4) is 0 Å². The van der Waals surface area contributed by atoms with Crippen LogP contribution < -0.4 is 16.0 Å². The van der Waals surface area contributed by atoms with E-state index in [2.05, 4.69) is 38.3 Å². The number of carbonyl (C=O) groups excluding carboxylic acids is 1. The molecule has 0 saturated carbocycles. The van der Waals surface area contributed by atoms with E-state index in [-0.39, 0.29) is 5.91 Å². The highest BCUT2D eigenvalue weighted by Gasteiger charge is 2.09. The molecule has 1 aliphatic heterocycles. The lowest BCUT2D eigenvalue weighted by atomic mass is 10.0. The maximum atomic E-state index is 11.4. The van der Waals surface area contributed by atoms with E-state index in [4.69, 9.17) is 0 Å². The van der Waals surface area contributed by atoms with Crippen LogP contribution in [0.25, 0.3) is 0 Å². The van der Waals surface area contributed by atoms with E-state index in [1.807, 2.05) is 6.07 Å². The lowest BCUT2D eigenvalue weighted by molar-refractivity contribution is 0.0957. The molecule has 0 bridgehead atoms. The molecular formula is C15H17N5O. The highest BCUT2D eigenvalue weighted by molar-refractivity contribution is 5.91. The Balaban J connectivity index is 1.75. The predicted octanol–water partition coefficient (Wildman–Crippen LogP) is 1.94. The molecule has 0 atom stereocenters. The number of nitrogens with one attached hydrogen (secondary N) is 3. The van der Waals surface area contributed by atoms with Crippen LogP contribution in [0.1, 0.15) is 22.5 Å². The van der Waals surface area contributed by atoms with Gasteiger partial charge in [0.1, 0.15) is 0 Å². The average Bonchev–Trinajstić information content (AvgIpc) is 2.55. The van der Waals surface area contributed by atoms with Crippen molar-refractivity contribution in [3.63, 3.8) is 0 Å². The first kappa shape index (κ1) is 13.4. The molecule has 3 N–H and O–H groups in total. The molecule has 0 radical (unpaired) electrons. The summed E-state index contributed by atoms with van der Waals surface area (Å²) in [6, 6.07) is 9.59. The number of benzene rings is 1. The lowest BCUT2D eigenvalue weighted by Crippen LogP contribution is -2.19. The van der Waals surface area contributed by atoms with Crippen molar-refractivity contribution in [3.05, 3.63) is 41.6 Å². The number of aromatic nitrogens is 2. The van der Waals surface area contributed by atoms with Crippen LogP contribution in [0.3, 0.4) is 0 Å². The Hall–Kier alpha value is -2.63. The Kier molecular flexibility index (Phi) is 3.68. The molecule has 108 valence electrons. The van der Waals surface area contributed by atoms with Crippen LogP contribution in [0.4, 0.5) is 17.2 Å². The van der Waals surface area contributed by atoms with Crippen LogP contribution in [-0.4, -0.2) is 29.7 Å². The fraction of sp³-hybridized carbons (Fsp3) is 0.267. The van der Waals surface area contributed by atoms with Crippen LogP contribution in [0.2, 0.25) is 0 Å². The molecule has 6 heteroatoms. The minimum atomic E-state index is -0.242. The van der Waals surface area contributed by atoms with Crippen molar-refractivity contribution in [1.29, 1.82) is 0 Å². The normalized spacial score (nSPS) is 13.0. The number of anilines is 3. The number of nitrogens with zero attached hydrogens (tertiary/aromatic N) is 2. The standard InChI is InChI=1S/C15H17N5O/c1-16-15(21)13-6-7-14(20-19-13)18-11-4-5-12-10(9-11)3-2-8-17-12/h4-7,9,17H,2-3,8H2,1H3,(H,16,21)(H,18,20). The summed E-state index contributed by atoms with van der Waals surface area (Å²) >= 11 is 0. The van der Waals surface area contributed by atoms with Gasteiger partial charge in [-0.05, 0) is 48.7 Å². The summed E-state index contributed by atoms with van der Waals surface area (Å²) in [6.45, 7) is 1.03. The number of hydrogen-bond donors (Lipinski definition) is 3. The molecular weight excluding hydrogens is 266 g/mol. The van der Waals surface area contributed by atoms with E-state index >= 15 is 0 Å². The molecule has 0 aliphatic carbocycles. The van der Waals surface area contributed by atoms with Crippen LogP contribution >= 0.6 is 0 Å². The van der Waals surface area contributed by atoms with Crippen molar-refractivity contribution >= 4 is 23.1 Å². The number of amides is 1. The Bertz CT molecular complexity index is 654. The molecule has 1 amide bonds. The van der Waals surface area contributed by atoms with E-state index in [9.17, 15) is 4.79 Å². The molecule has 0 fully saturated rings. The van der Waals surface area contributed by atoms with E-state index < -0.39 is 0 Å². The predicted molar refractivity (Wildman–Crippen MR) is 82.0 cm³/mol. The zero-order chi connectivity index (χ0) is 14.7. The van der Waals surface area contributed by atoms with Gasteiger partial charge in [-0.1, -0.05) is 0 Å². The topological polar surface area (TPSA) is 78.9 Å². The molecule has 1 aromatic heterocycles. The number of rotatable bonds is 3. The van der Waals surface area contributed by atoms with E-state index in [0.717, 1.165) is 25.1 Å². The van der Waals surface area contributed by atoms with Crippen molar-refractivity contribution in [2.45, 2.75) is 12.8 Å². The zero-order valence-electron chi connectivity index (χ0n) is 11.8. The third kappa shape index (κ3) is 2.94. The smallest absolute Gasteiger partial charge is 0.271 e. The lowest BCUT2D eigenvalue weighted by Gasteiger charge is -2.18. The summed E-state index contributed by atoms with van der Waals surface area (Å²) in [6.07, 6.45) is 2.23. The van der Waals surface area contributed by atoms with Gasteiger partial charge in [0.2, 0.25) is 0 Å². The number of carbonyl (C=O) groups is 1. The third-order valence-electron chi connectivity index (χ3n) is 3.44. The van der Waals surface area contributed by atoms with Gasteiger partial charge in [0.05, 0.1) is 0 Å². The van der Waals surface area contributed by atoms with Gasteiger partial charge in [-0.2, -0.15) is 0 Å². The van der Waals surface area contributed by atoms with Gasteiger partial charge in [-0.3, -0.25) is 4.79 Å². The van der Waals surface area contributed by atoms with Gasteiger partial charge < -0.3 is 16.0 Å². The van der Waals surface area contributed by atoms with Gasteiger partial charge >= 0.3 is 0 Å². The second-order valence-corrected chi connectivity index (χ2v) is 4.91. The maximum Gasteiger partial charge on any atom is 0.271 e. The van der Waals surface area contributed by atoms with Crippen LogP contribution in [0.15, 0.2) is 30.3 Å². The van der Waals surface area contributed by atoms with Gasteiger partial charge in [-0.15, -0.1) is 10.2 Å². The second-order valence-electron chi connectivity index (χ2n) is 4.91. The molecule has 0 spiro atoms. The Labute approximate surface area is 123 Å². The van der Waals surface area contributed by atoms with Crippen molar-refractivity contribution in [2.75, 3.05) is 24.2 Å². The van der Waals surface area contributed by atoms with Gasteiger partial charge in [0.25, 0.3) is 5.91 Å². The zero-order valence-corrected chi connectivity index (χ0v) is 11.8. The monoisotopic (exact) mass is 283 g/mol. The van der Waals surface area contributed by atoms with Gasteiger partial charge in [0.15, 0.2) is 11.5 Å². The molecule has 21 heavy (non-hydrogen) atoms. The second kappa shape index (κ2) is 5.78. The highest BCUT2D eigenvalue weighted by Crippen LogP contribution is 2.26. The Morgan fingerprint density at radius 2 is 2.14 bits per heavy atom. The van der Waals surface area contributed by atoms with Crippen molar-refractivity contribution in [2.24, 2.45) is 0 Å². The van der Waals surface area contributed by atoms with Crippen LogP contribution in [0.5, 0.6) is 0 Å². The molecule has 6 nitrogen and oxygen atoms in total. The minimum Gasteiger partial charge on any atom is -0.385 e. The average molecular weight is 283 g/mol. The summed E-state index contributed by atoms with van der Waals surface area (Å²) in [5.41, 5.74) is 3.78. The molecule has 2 heterocycles. The first-order valence-corrected chi connectivity index (χ1v) is 6.96. The van der Waals surface area contributed by atoms with Crippen molar-refractivity contribution < 1.29 is 4.79 Å². The summed E-state index contributed by atoms with van der Waals surface area (Å²) in [4.78, 5) is 11.4. The molecule has 2 aromatic rings. The molecule has 1 aromatic carbocycles. The largest absolute Gasteiger partial charge is 0.385 e. The maximum absolute atomic E-state index is 11.4. The minimum absolute atomic E-state index is 0.242. The number of aryl methyl sites for hydroxylation is 1. The van der Waals surface area contributed by atoms with E-state index in [0.29, 0.717) is 11.5 Å². The van der Waals surface area contributed by atoms with Gasteiger partial charge in [0, 0.05) is 25.0 Å². The summed E-state index contributed by atoms with van der Waals surface area (Å²) in [5, 5.41) is 17.0. The summed E-state index contributed by atoms with van der Waals surface area (Å²) in [7, 11) is 1.57. The molecule has 3 rings (SSSR count). The van der Waals surface area contributed by atoms with Gasteiger partial charge in [-0.25, -0.2) is 0 Å². The third-order valence-corrected chi connectivity index (χ3v) is 3.44. The molecule has 0 saturated heterocycles. The molecule has 1 aliphatic rings. The summed E-state index contributed by atoms with van der Waals surface area (Å²) in [5.74, 6) is 0.375. The number of hydrogen-bond acceptors (Lipinski definition) is 5. The van der Waals surface area contributed by atoms with Crippen LogP contribution in [0, 0.1) is 0 Å². The quantitative estimate of drug-likeness (QED) is 0.802. The Morgan fingerprint density at radius 3 is 2.90 bits per heavy atom. The first-order chi connectivity index (χ1) is 10.3. The SMILES string of the molecule is CNC(=O)c1ccc(Nc2ccc3c(c2)CCCN3)nn1. The first-order valence-electron chi connectivity index (χ1n) is 6.96. The summed E-state index contributed by atoms with van der Waals surface area (Å²) < 4.78 is 0. The van der Waals surface area contributed by atoms with E-state index in [1.54, 1.807) is 19.2 Å². The fourth-order valence-electron chi connectivity index (χ4n) is 2.35. The number of fused-ring (bicyclic) bond motifs is 1.